The molecule has 1 aromatic carbocycles. The summed E-state index contributed by atoms with van der Waals surface area (Å²) in [5, 5.41) is 3.83. The van der Waals surface area contributed by atoms with Gasteiger partial charge in [0.1, 0.15) is 5.75 Å². The quantitative estimate of drug-likeness (QED) is 0.913. The number of rotatable bonds is 4. The molecular formula is C17H26N2O. The van der Waals surface area contributed by atoms with Crippen LogP contribution in [0.25, 0.3) is 0 Å². The molecule has 3 nitrogen and oxygen atoms in total. The van der Waals surface area contributed by atoms with Crippen LogP contribution in [0.15, 0.2) is 24.3 Å². The van der Waals surface area contributed by atoms with Crippen LogP contribution >= 0.6 is 0 Å². The highest BCUT2D eigenvalue weighted by atomic mass is 16.5. The molecule has 1 fully saturated rings. The second-order valence-electron chi connectivity index (χ2n) is 6.38. The zero-order chi connectivity index (χ0) is 13.9. The molecule has 0 aromatic heterocycles. The Morgan fingerprint density at radius 2 is 2.05 bits per heavy atom. The molecule has 3 atom stereocenters. The van der Waals surface area contributed by atoms with E-state index in [0.717, 1.165) is 18.9 Å². The van der Waals surface area contributed by atoms with E-state index in [4.69, 9.17) is 4.74 Å². The number of nitrogens with zero attached hydrogens (tertiary/aromatic N) is 1. The lowest BCUT2D eigenvalue weighted by Gasteiger charge is -2.35. The van der Waals surface area contributed by atoms with Crippen molar-refractivity contribution in [3.05, 3.63) is 29.8 Å². The maximum absolute atomic E-state index is 5.83. The average Bonchev–Trinajstić information content (AvgIpc) is 2.95. The van der Waals surface area contributed by atoms with Crippen LogP contribution < -0.4 is 10.1 Å². The van der Waals surface area contributed by atoms with Crippen molar-refractivity contribution in [3.8, 4) is 5.75 Å². The Hall–Kier alpha value is -1.06. The first kappa shape index (κ1) is 13.9. The topological polar surface area (TPSA) is 24.5 Å². The van der Waals surface area contributed by atoms with Crippen LogP contribution in [-0.2, 0) is 0 Å². The van der Waals surface area contributed by atoms with Crippen LogP contribution in [0.1, 0.15) is 38.3 Å². The molecule has 1 N–H and O–H groups in total. The van der Waals surface area contributed by atoms with E-state index in [2.05, 4.69) is 48.3 Å². The summed E-state index contributed by atoms with van der Waals surface area (Å²) < 4.78 is 5.83. The third-order valence-electron chi connectivity index (χ3n) is 4.52. The summed E-state index contributed by atoms with van der Waals surface area (Å²) in [5.74, 6) is 1.57. The van der Waals surface area contributed by atoms with Crippen molar-refractivity contribution >= 4 is 0 Å². The van der Waals surface area contributed by atoms with E-state index in [9.17, 15) is 0 Å². The summed E-state index contributed by atoms with van der Waals surface area (Å²) in [6.07, 6.45) is 2.73. The SMILES string of the molecule is CC(CN1CCCC1)NC1c2ccccc2OCC1C. The Kier molecular flexibility index (Phi) is 4.27. The maximum atomic E-state index is 5.83. The van der Waals surface area contributed by atoms with Crippen molar-refractivity contribution in [1.29, 1.82) is 0 Å². The number of hydrogen-bond acceptors (Lipinski definition) is 3. The monoisotopic (exact) mass is 274 g/mol. The van der Waals surface area contributed by atoms with Gasteiger partial charge in [-0.15, -0.1) is 0 Å². The fourth-order valence-corrected chi connectivity index (χ4v) is 3.46. The molecule has 2 aliphatic rings. The van der Waals surface area contributed by atoms with Crippen LogP contribution in [0.4, 0.5) is 0 Å². The summed E-state index contributed by atoms with van der Waals surface area (Å²) in [4.78, 5) is 2.58. The third kappa shape index (κ3) is 2.99. The van der Waals surface area contributed by atoms with Crippen LogP contribution in [0.5, 0.6) is 5.75 Å². The van der Waals surface area contributed by atoms with Gasteiger partial charge >= 0.3 is 0 Å². The molecule has 0 spiro atoms. The van der Waals surface area contributed by atoms with Gasteiger partial charge in [-0.05, 0) is 38.9 Å². The minimum Gasteiger partial charge on any atom is -0.493 e. The Morgan fingerprint density at radius 1 is 1.30 bits per heavy atom. The highest BCUT2D eigenvalue weighted by Crippen LogP contribution is 2.35. The molecule has 0 radical (unpaired) electrons. The molecule has 3 rings (SSSR count). The smallest absolute Gasteiger partial charge is 0.124 e. The zero-order valence-corrected chi connectivity index (χ0v) is 12.6. The number of ether oxygens (including phenoxy) is 1. The van der Waals surface area contributed by atoms with Gasteiger partial charge in [0.2, 0.25) is 0 Å². The first-order valence-electron chi connectivity index (χ1n) is 7.94. The summed E-state index contributed by atoms with van der Waals surface area (Å²) in [6, 6.07) is 9.38. The molecule has 0 amide bonds. The Morgan fingerprint density at radius 3 is 2.85 bits per heavy atom. The molecule has 0 saturated carbocycles. The zero-order valence-electron chi connectivity index (χ0n) is 12.6. The van der Waals surface area contributed by atoms with Crippen molar-refractivity contribution in [1.82, 2.24) is 10.2 Å². The Labute approximate surface area is 122 Å². The highest BCUT2D eigenvalue weighted by molar-refractivity contribution is 5.38. The molecule has 1 aromatic rings. The lowest BCUT2D eigenvalue weighted by atomic mass is 9.91. The fraction of sp³-hybridized carbons (Fsp3) is 0.647. The van der Waals surface area contributed by atoms with E-state index in [1.54, 1.807) is 0 Å². The number of hydrogen-bond donors (Lipinski definition) is 1. The van der Waals surface area contributed by atoms with E-state index in [0.29, 0.717) is 18.0 Å². The van der Waals surface area contributed by atoms with Crippen LogP contribution in [0.2, 0.25) is 0 Å². The van der Waals surface area contributed by atoms with Crippen molar-refractivity contribution in [2.45, 2.75) is 38.8 Å². The van der Waals surface area contributed by atoms with Crippen molar-refractivity contribution in [2.24, 2.45) is 5.92 Å². The first-order valence-corrected chi connectivity index (χ1v) is 7.94. The largest absolute Gasteiger partial charge is 0.493 e. The van der Waals surface area contributed by atoms with Gasteiger partial charge in [0, 0.05) is 30.1 Å². The molecule has 20 heavy (non-hydrogen) atoms. The molecular weight excluding hydrogens is 248 g/mol. The van der Waals surface area contributed by atoms with Crippen LogP contribution in [0.3, 0.4) is 0 Å². The van der Waals surface area contributed by atoms with E-state index in [-0.39, 0.29) is 0 Å². The number of fused-ring (bicyclic) bond motifs is 1. The average molecular weight is 274 g/mol. The van der Waals surface area contributed by atoms with Gasteiger partial charge in [0.25, 0.3) is 0 Å². The first-order chi connectivity index (χ1) is 9.74. The summed E-state index contributed by atoms with van der Waals surface area (Å²) in [5.41, 5.74) is 1.32. The Bertz CT molecular complexity index is 442. The van der Waals surface area contributed by atoms with Gasteiger partial charge in [-0.2, -0.15) is 0 Å². The van der Waals surface area contributed by atoms with Crippen molar-refractivity contribution in [3.63, 3.8) is 0 Å². The van der Waals surface area contributed by atoms with E-state index in [1.807, 2.05) is 0 Å². The van der Waals surface area contributed by atoms with Crippen molar-refractivity contribution in [2.75, 3.05) is 26.2 Å². The molecule has 3 heteroatoms. The normalized spacial score (nSPS) is 27.9. The van der Waals surface area contributed by atoms with Gasteiger partial charge in [-0.25, -0.2) is 0 Å². The lowest BCUT2D eigenvalue weighted by molar-refractivity contribution is 0.174. The number of benzene rings is 1. The van der Waals surface area contributed by atoms with Crippen LogP contribution in [0, 0.1) is 5.92 Å². The second kappa shape index (κ2) is 6.15. The van der Waals surface area contributed by atoms with Gasteiger partial charge in [-0.3, -0.25) is 0 Å². The molecule has 3 unspecified atom stereocenters. The van der Waals surface area contributed by atoms with E-state index < -0.39 is 0 Å². The van der Waals surface area contributed by atoms with Gasteiger partial charge in [0.05, 0.1) is 6.61 Å². The number of nitrogens with one attached hydrogen (secondary N) is 1. The van der Waals surface area contributed by atoms with Crippen molar-refractivity contribution < 1.29 is 4.74 Å². The maximum Gasteiger partial charge on any atom is 0.124 e. The second-order valence-corrected chi connectivity index (χ2v) is 6.38. The molecule has 2 heterocycles. The predicted octanol–water partition coefficient (Wildman–Crippen LogP) is 2.83. The highest BCUT2D eigenvalue weighted by Gasteiger charge is 2.29. The van der Waals surface area contributed by atoms with Gasteiger partial charge in [-0.1, -0.05) is 25.1 Å². The number of likely N-dealkylation sites (tertiary alicyclic amines) is 1. The summed E-state index contributed by atoms with van der Waals surface area (Å²) in [7, 11) is 0. The molecule has 0 bridgehead atoms. The Balaban J connectivity index is 1.66. The third-order valence-corrected chi connectivity index (χ3v) is 4.52. The van der Waals surface area contributed by atoms with Crippen LogP contribution in [-0.4, -0.2) is 37.2 Å². The molecule has 2 aliphatic heterocycles. The van der Waals surface area contributed by atoms with E-state index >= 15 is 0 Å². The summed E-state index contributed by atoms with van der Waals surface area (Å²) >= 11 is 0. The molecule has 1 saturated heterocycles. The minimum atomic E-state index is 0.414. The fourth-order valence-electron chi connectivity index (χ4n) is 3.46. The standard InChI is InChI=1S/C17H26N2O/c1-13-12-20-16-8-4-3-7-15(16)17(13)18-14(2)11-19-9-5-6-10-19/h3-4,7-8,13-14,17-18H,5-6,9-12H2,1-2H3. The molecule has 0 aliphatic carbocycles. The predicted molar refractivity (Wildman–Crippen MR) is 82.1 cm³/mol. The lowest BCUT2D eigenvalue weighted by Crippen LogP contribution is -2.43. The number of para-hydroxylation sites is 1. The minimum absolute atomic E-state index is 0.414. The van der Waals surface area contributed by atoms with Gasteiger partial charge in [0.15, 0.2) is 0 Å². The summed E-state index contributed by atoms with van der Waals surface area (Å²) in [6.45, 7) is 9.09. The van der Waals surface area contributed by atoms with E-state index in [1.165, 1.54) is 31.5 Å². The molecule has 110 valence electrons. The van der Waals surface area contributed by atoms with Gasteiger partial charge < -0.3 is 15.0 Å².